The summed E-state index contributed by atoms with van der Waals surface area (Å²) in [6.07, 6.45) is 1.93. The molecule has 5 atom stereocenters. The average Bonchev–Trinajstić information content (AvgIpc) is 3.70. The number of alkyl halides is 1. The summed E-state index contributed by atoms with van der Waals surface area (Å²) < 4.78 is 19.2. The molecule has 9 heteroatoms. The van der Waals surface area contributed by atoms with Gasteiger partial charge in [0.25, 0.3) is 0 Å². The van der Waals surface area contributed by atoms with Gasteiger partial charge in [0, 0.05) is 28.8 Å². The number of imide groups is 1. The van der Waals surface area contributed by atoms with E-state index in [-0.39, 0.29) is 58.9 Å². The number of ether oxygens (including phenoxy) is 1. The first-order chi connectivity index (χ1) is 22.2. The van der Waals surface area contributed by atoms with Crippen molar-refractivity contribution in [1.82, 2.24) is 4.98 Å². The summed E-state index contributed by atoms with van der Waals surface area (Å²) in [5, 5.41) is 0.558. The van der Waals surface area contributed by atoms with Gasteiger partial charge in [0.05, 0.1) is 34.3 Å². The highest BCUT2D eigenvalue weighted by molar-refractivity contribution is 6.23. The van der Waals surface area contributed by atoms with Crippen molar-refractivity contribution in [2.75, 3.05) is 10.8 Å². The fraction of sp³-hybridized carbons (Fsp3) is 0.270. The van der Waals surface area contributed by atoms with Crippen molar-refractivity contribution in [2.45, 2.75) is 32.8 Å². The molecule has 0 spiro atoms. The number of benzene rings is 3. The van der Waals surface area contributed by atoms with Crippen LogP contribution in [0.1, 0.15) is 46.0 Å². The summed E-state index contributed by atoms with van der Waals surface area (Å²) in [5.74, 6) is -2.24. The lowest BCUT2D eigenvalue weighted by atomic mass is 9.82. The zero-order valence-electron chi connectivity index (χ0n) is 25.2. The Morgan fingerprint density at radius 2 is 1.72 bits per heavy atom. The minimum atomic E-state index is -1.17. The van der Waals surface area contributed by atoms with Crippen LogP contribution in [0.5, 0.6) is 0 Å². The van der Waals surface area contributed by atoms with Crippen LogP contribution in [0.2, 0.25) is 0 Å². The molecule has 0 radical (unpaired) electrons. The van der Waals surface area contributed by atoms with Gasteiger partial charge in [-0.3, -0.25) is 19.3 Å². The van der Waals surface area contributed by atoms with E-state index in [1.807, 2.05) is 26.0 Å². The smallest absolute Gasteiger partial charge is 0.339 e. The van der Waals surface area contributed by atoms with Crippen LogP contribution in [0.4, 0.5) is 10.1 Å². The van der Waals surface area contributed by atoms with E-state index in [1.165, 1.54) is 34.7 Å². The second-order valence-corrected chi connectivity index (χ2v) is 12.7. The molecule has 3 aliphatic rings. The van der Waals surface area contributed by atoms with Gasteiger partial charge in [-0.1, -0.05) is 42.0 Å². The van der Waals surface area contributed by atoms with Crippen LogP contribution >= 0.6 is 11.6 Å². The van der Waals surface area contributed by atoms with Crippen LogP contribution in [0.25, 0.3) is 22.2 Å². The monoisotopic (exact) mass is 636 g/mol. The lowest BCUT2D eigenvalue weighted by Gasteiger charge is -2.19. The number of aryl methyl sites for hydroxylation is 1. The molecule has 0 N–H and O–H groups in total. The number of hydrogen-bond donors (Lipinski definition) is 0. The predicted octanol–water partition coefficient (Wildman–Crippen LogP) is 7.09. The summed E-state index contributed by atoms with van der Waals surface area (Å²) in [4.78, 5) is 59.9. The molecule has 7 rings (SSSR count). The number of aromatic nitrogens is 1. The molecular weight excluding hydrogens is 607 g/mol. The van der Waals surface area contributed by atoms with Crippen LogP contribution in [0.15, 0.2) is 84.4 Å². The Hall–Kier alpha value is -4.69. The highest BCUT2D eigenvalue weighted by Gasteiger charge is 2.60. The number of carbonyl (C=O) groups is 4. The number of halogens is 2. The van der Waals surface area contributed by atoms with E-state index in [0.29, 0.717) is 27.8 Å². The zero-order valence-corrected chi connectivity index (χ0v) is 26.0. The molecule has 4 aromatic rings. The minimum Gasteiger partial charge on any atom is -0.450 e. The van der Waals surface area contributed by atoms with Crippen LogP contribution in [0.3, 0.4) is 0 Å². The number of Topliss-reactive ketones (excluding diaryl/α,β-unsaturated/α-hetero) is 1. The Morgan fingerprint density at radius 3 is 2.43 bits per heavy atom. The molecule has 1 aliphatic heterocycles. The van der Waals surface area contributed by atoms with E-state index in [4.69, 9.17) is 21.3 Å². The fourth-order valence-corrected chi connectivity index (χ4v) is 7.55. The second kappa shape index (κ2) is 11.6. The third-order valence-electron chi connectivity index (χ3n) is 9.60. The van der Waals surface area contributed by atoms with Crippen molar-refractivity contribution < 1.29 is 28.3 Å². The van der Waals surface area contributed by atoms with Gasteiger partial charge in [-0.2, -0.15) is 0 Å². The van der Waals surface area contributed by atoms with E-state index in [2.05, 4.69) is 6.08 Å². The minimum absolute atomic E-state index is 0.0691. The zero-order chi connectivity index (χ0) is 32.3. The van der Waals surface area contributed by atoms with E-state index in [9.17, 15) is 23.6 Å². The van der Waals surface area contributed by atoms with E-state index >= 15 is 0 Å². The van der Waals surface area contributed by atoms with Gasteiger partial charge in [-0.25, -0.2) is 14.2 Å². The Labute approximate surface area is 270 Å². The third-order valence-corrected chi connectivity index (χ3v) is 9.82. The van der Waals surface area contributed by atoms with Gasteiger partial charge >= 0.3 is 5.97 Å². The maximum atomic E-state index is 13.7. The van der Waals surface area contributed by atoms with Crippen molar-refractivity contribution in [3.05, 3.63) is 107 Å². The van der Waals surface area contributed by atoms with Crippen LogP contribution in [-0.4, -0.2) is 40.5 Å². The predicted molar refractivity (Wildman–Crippen MR) is 172 cm³/mol. The lowest BCUT2D eigenvalue weighted by molar-refractivity contribution is -0.123. The average molecular weight is 637 g/mol. The molecule has 2 fully saturated rings. The molecule has 3 aromatic carbocycles. The molecule has 7 nitrogen and oxygen atoms in total. The molecular formula is C37H30ClFN2O5. The van der Waals surface area contributed by atoms with Crippen molar-refractivity contribution in [3.8, 4) is 11.3 Å². The number of fused-ring (bicyclic) bond motifs is 6. The normalized spacial score (nSPS) is 22.3. The largest absolute Gasteiger partial charge is 0.450 e. The van der Waals surface area contributed by atoms with Crippen LogP contribution in [-0.2, 0) is 14.3 Å². The van der Waals surface area contributed by atoms with Crippen LogP contribution in [0, 0.1) is 36.4 Å². The number of amides is 2. The first kappa shape index (κ1) is 30.0. The number of ketones is 1. The summed E-state index contributed by atoms with van der Waals surface area (Å²) in [7, 11) is 0. The molecule has 46 heavy (non-hydrogen) atoms. The van der Waals surface area contributed by atoms with Crippen molar-refractivity contribution in [3.63, 3.8) is 0 Å². The molecule has 2 aliphatic carbocycles. The molecule has 5 unspecified atom stereocenters. The van der Waals surface area contributed by atoms with Gasteiger partial charge < -0.3 is 4.74 Å². The molecule has 2 bridgehead atoms. The lowest BCUT2D eigenvalue weighted by Crippen LogP contribution is -2.32. The first-order valence-corrected chi connectivity index (χ1v) is 15.8. The molecule has 1 saturated heterocycles. The number of anilines is 1. The van der Waals surface area contributed by atoms with E-state index < -0.39 is 23.7 Å². The van der Waals surface area contributed by atoms with Gasteiger partial charge in [0.2, 0.25) is 17.6 Å². The highest BCUT2D eigenvalue weighted by atomic mass is 35.5. The number of pyridine rings is 1. The van der Waals surface area contributed by atoms with Crippen LogP contribution < -0.4 is 4.90 Å². The third kappa shape index (κ3) is 4.92. The SMILES string of the molecule is CC1=CC2CC1C1C(=O)N(c3ccc(-c4cc(C(=O)OC(CCCl)C(=O)c5ccc(F)cc5)c5cccc(C)c5n4)cc3)C(=O)C21. The number of para-hydroxylation sites is 1. The van der Waals surface area contributed by atoms with Gasteiger partial charge in [0.1, 0.15) is 5.82 Å². The summed E-state index contributed by atoms with van der Waals surface area (Å²) in [6, 6.07) is 19.1. The molecule has 1 aromatic heterocycles. The fourth-order valence-electron chi connectivity index (χ4n) is 7.35. The molecule has 2 amide bonds. The highest BCUT2D eigenvalue weighted by Crippen LogP contribution is 2.56. The van der Waals surface area contributed by atoms with Crippen molar-refractivity contribution in [2.24, 2.45) is 23.7 Å². The van der Waals surface area contributed by atoms with Gasteiger partial charge in [-0.15, -0.1) is 11.6 Å². The van der Waals surface area contributed by atoms with Gasteiger partial charge in [0.15, 0.2) is 6.10 Å². The maximum Gasteiger partial charge on any atom is 0.339 e. The Balaban J connectivity index is 1.19. The summed E-state index contributed by atoms with van der Waals surface area (Å²) >= 11 is 5.97. The number of allylic oxidation sites excluding steroid dienone is 2. The number of carbonyl (C=O) groups excluding carboxylic acids is 4. The first-order valence-electron chi connectivity index (χ1n) is 15.3. The Kier molecular flexibility index (Phi) is 7.56. The van der Waals surface area contributed by atoms with Crippen molar-refractivity contribution in [1.29, 1.82) is 0 Å². The summed E-state index contributed by atoms with van der Waals surface area (Å²) in [6.45, 7) is 3.93. The summed E-state index contributed by atoms with van der Waals surface area (Å²) in [5.41, 5.74) is 4.70. The van der Waals surface area contributed by atoms with Gasteiger partial charge in [-0.05, 0) is 80.1 Å². The molecule has 2 heterocycles. The van der Waals surface area contributed by atoms with E-state index in [0.717, 1.165) is 12.0 Å². The number of esters is 1. The molecule has 1 saturated carbocycles. The Bertz CT molecular complexity index is 1960. The quantitative estimate of drug-likeness (QED) is 0.0674. The second-order valence-electron chi connectivity index (χ2n) is 12.3. The number of hydrogen-bond acceptors (Lipinski definition) is 6. The number of rotatable bonds is 8. The van der Waals surface area contributed by atoms with E-state index in [1.54, 1.807) is 36.4 Å². The maximum absolute atomic E-state index is 13.7. The standard InChI is InChI=1S/C37H30ClFN2O5/c1-19-4-3-5-26-28(37(45)46-30(14-15-38)34(42)22-6-10-24(39)11-7-22)18-29(40-33(19)26)21-8-12-25(13-9-21)41-35(43)31-23-16-20(2)27(17-23)32(31)36(41)44/h3-13,16,18,23,27,30-32H,14-15,17H2,1-2H3. The topological polar surface area (TPSA) is 93.6 Å². The number of nitrogens with zero attached hydrogens (tertiary/aromatic N) is 2. The molecule has 232 valence electrons. The van der Waals surface area contributed by atoms with Crippen molar-refractivity contribution >= 4 is 51.8 Å². The Morgan fingerprint density at radius 1 is 1.00 bits per heavy atom.